The maximum atomic E-state index is 12.2. The number of rotatable bonds is 8. The number of carbonyl (C=O) groups is 3. The molecule has 0 saturated carbocycles. The predicted octanol–water partition coefficient (Wildman–Crippen LogP) is 5.07. The highest BCUT2D eigenvalue weighted by Gasteiger charge is 2.13. The molecule has 0 aliphatic rings. The first-order valence-electron chi connectivity index (χ1n) is 9.97. The van der Waals surface area contributed by atoms with Crippen LogP contribution < -0.4 is 10.6 Å². The number of esters is 1. The molecule has 0 spiro atoms. The third-order valence-electron chi connectivity index (χ3n) is 4.71. The summed E-state index contributed by atoms with van der Waals surface area (Å²) < 4.78 is 5.93. The van der Waals surface area contributed by atoms with Crippen LogP contribution in [0, 0.1) is 0 Å². The molecule has 0 radical (unpaired) electrons. The predicted molar refractivity (Wildman–Crippen MR) is 125 cm³/mol. The first-order valence-corrected chi connectivity index (χ1v) is 10.8. The third-order valence-corrected chi connectivity index (χ3v) is 5.20. The number of anilines is 2. The molecule has 160 valence electrons. The summed E-state index contributed by atoms with van der Waals surface area (Å²) in [4.78, 5) is 36.3. The van der Waals surface area contributed by atoms with Crippen LogP contribution in [-0.2, 0) is 25.5 Å². The lowest BCUT2D eigenvalue weighted by atomic mass is 10.1. The molecule has 3 aromatic rings. The zero-order chi connectivity index (χ0) is 22.2. The summed E-state index contributed by atoms with van der Waals surface area (Å²) in [5, 5.41) is 7.51. The normalized spacial score (nSPS) is 10.5. The molecule has 3 rings (SSSR count). The molecule has 2 amide bonds. The van der Waals surface area contributed by atoms with Gasteiger partial charge in [-0.3, -0.25) is 14.4 Å². The molecule has 0 unspecified atom stereocenters. The summed E-state index contributed by atoms with van der Waals surface area (Å²) in [6.45, 7) is 1.59. The molecule has 0 bridgehead atoms. The molecule has 6 nitrogen and oxygen atoms in total. The molecule has 0 aliphatic heterocycles. The van der Waals surface area contributed by atoms with Gasteiger partial charge in [0.1, 0.15) is 0 Å². The fraction of sp³-hybridized carbons (Fsp3) is 0.208. The molecular formula is C24H23BrN2O4. The standard InChI is InChI=1S/C24H23BrN2O4/c1-2-16-14-18(25)10-11-20(16)26-23(29)15-31-24(30)13-12-22(28)27-21-9-5-7-17-6-3-4-8-19(17)21/h3-11,14H,2,12-13,15H2,1H3,(H,26,29)(H,27,28). The van der Waals surface area contributed by atoms with Crippen molar-refractivity contribution in [3.8, 4) is 0 Å². The summed E-state index contributed by atoms with van der Waals surface area (Å²) in [5.41, 5.74) is 2.34. The first kappa shape index (κ1) is 22.5. The summed E-state index contributed by atoms with van der Waals surface area (Å²) in [7, 11) is 0. The fourth-order valence-electron chi connectivity index (χ4n) is 3.14. The molecule has 3 aromatic carbocycles. The van der Waals surface area contributed by atoms with Gasteiger partial charge in [-0.25, -0.2) is 0 Å². The van der Waals surface area contributed by atoms with E-state index in [1.807, 2.05) is 61.5 Å². The summed E-state index contributed by atoms with van der Waals surface area (Å²) in [6, 6.07) is 18.9. The SMILES string of the molecule is CCc1cc(Br)ccc1NC(=O)COC(=O)CCC(=O)Nc1cccc2ccccc12. The van der Waals surface area contributed by atoms with E-state index in [4.69, 9.17) is 4.74 Å². The molecule has 31 heavy (non-hydrogen) atoms. The Labute approximate surface area is 189 Å². The Hall–Kier alpha value is -3.19. The van der Waals surface area contributed by atoms with Crippen molar-refractivity contribution >= 4 is 55.9 Å². The van der Waals surface area contributed by atoms with Gasteiger partial charge in [0, 0.05) is 27.7 Å². The van der Waals surface area contributed by atoms with Gasteiger partial charge in [-0.2, -0.15) is 0 Å². The maximum absolute atomic E-state index is 12.2. The highest BCUT2D eigenvalue weighted by Crippen LogP contribution is 2.23. The van der Waals surface area contributed by atoms with Crippen molar-refractivity contribution in [1.82, 2.24) is 0 Å². The van der Waals surface area contributed by atoms with Gasteiger partial charge in [0.25, 0.3) is 5.91 Å². The summed E-state index contributed by atoms with van der Waals surface area (Å²) >= 11 is 3.40. The second-order valence-electron chi connectivity index (χ2n) is 6.94. The minimum Gasteiger partial charge on any atom is -0.456 e. The molecule has 2 N–H and O–H groups in total. The molecule has 0 heterocycles. The number of carbonyl (C=O) groups excluding carboxylic acids is 3. The van der Waals surface area contributed by atoms with Crippen molar-refractivity contribution < 1.29 is 19.1 Å². The van der Waals surface area contributed by atoms with Crippen LogP contribution >= 0.6 is 15.9 Å². The molecular weight excluding hydrogens is 460 g/mol. The molecule has 0 aliphatic carbocycles. The Balaban J connectivity index is 1.44. The fourth-order valence-corrected chi connectivity index (χ4v) is 3.55. The van der Waals surface area contributed by atoms with Crippen molar-refractivity contribution in [3.63, 3.8) is 0 Å². The minimum atomic E-state index is -0.602. The molecule has 0 aromatic heterocycles. The van der Waals surface area contributed by atoms with Gasteiger partial charge >= 0.3 is 5.97 Å². The molecule has 7 heteroatoms. The monoisotopic (exact) mass is 482 g/mol. The van der Waals surface area contributed by atoms with E-state index in [1.54, 1.807) is 6.07 Å². The van der Waals surface area contributed by atoms with E-state index in [2.05, 4.69) is 26.6 Å². The number of hydrogen-bond donors (Lipinski definition) is 2. The van der Waals surface area contributed by atoms with Crippen LogP contribution in [0.3, 0.4) is 0 Å². The zero-order valence-corrected chi connectivity index (χ0v) is 18.7. The number of benzene rings is 3. The van der Waals surface area contributed by atoms with Gasteiger partial charge in [0.15, 0.2) is 6.61 Å². The van der Waals surface area contributed by atoms with E-state index in [0.29, 0.717) is 11.4 Å². The minimum absolute atomic E-state index is 0.0314. The second kappa shape index (κ2) is 10.7. The van der Waals surface area contributed by atoms with Gasteiger partial charge < -0.3 is 15.4 Å². The van der Waals surface area contributed by atoms with Crippen molar-refractivity contribution in [2.75, 3.05) is 17.2 Å². The third kappa shape index (κ3) is 6.39. The van der Waals surface area contributed by atoms with Crippen LogP contribution in [-0.4, -0.2) is 24.4 Å². The van der Waals surface area contributed by atoms with Crippen LogP contribution in [0.1, 0.15) is 25.3 Å². The number of aryl methyl sites for hydroxylation is 1. The van der Waals surface area contributed by atoms with Crippen molar-refractivity contribution in [1.29, 1.82) is 0 Å². The van der Waals surface area contributed by atoms with Gasteiger partial charge in [-0.15, -0.1) is 0 Å². The topological polar surface area (TPSA) is 84.5 Å². The van der Waals surface area contributed by atoms with Crippen LogP contribution in [0.25, 0.3) is 10.8 Å². The Kier molecular flexibility index (Phi) is 7.78. The molecule has 0 saturated heterocycles. The van der Waals surface area contributed by atoms with Gasteiger partial charge in [-0.05, 0) is 41.6 Å². The number of nitrogens with one attached hydrogen (secondary N) is 2. The van der Waals surface area contributed by atoms with Crippen LogP contribution in [0.15, 0.2) is 65.1 Å². The van der Waals surface area contributed by atoms with E-state index in [9.17, 15) is 14.4 Å². The second-order valence-corrected chi connectivity index (χ2v) is 7.85. The number of amides is 2. The summed E-state index contributed by atoms with van der Waals surface area (Å²) in [5.74, 6) is -1.32. The van der Waals surface area contributed by atoms with E-state index in [0.717, 1.165) is 27.2 Å². The lowest BCUT2D eigenvalue weighted by Gasteiger charge is -2.11. The van der Waals surface area contributed by atoms with Crippen molar-refractivity contribution in [3.05, 3.63) is 70.7 Å². The Morgan fingerprint density at radius 2 is 1.61 bits per heavy atom. The average molecular weight is 483 g/mol. The number of hydrogen-bond acceptors (Lipinski definition) is 4. The lowest BCUT2D eigenvalue weighted by molar-refractivity contribution is -0.147. The zero-order valence-electron chi connectivity index (χ0n) is 17.1. The largest absolute Gasteiger partial charge is 0.456 e. The number of ether oxygens (including phenoxy) is 1. The van der Waals surface area contributed by atoms with Gasteiger partial charge in [-0.1, -0.05) is 59.3 Å². The maximum Gasteiger partial charge on any atom is 0.306 e. The van der Waals surface area contributed by atoms with Crippen molar-refractivity contribution in [2.45, 2.75) is 26.2 Å². The van der Waals surface area contributed by atoms with Crippen LogP contribution in [0.5, 0.6) is 0 Å². The quantitative estimate of drug-likeness (QED) is 0.439. The smallest absolute Gasteiger partial charge is 0.306 e. The van der Waals surface area contributed by atoms with E-state index in [-0.39, 0.29) is 18.7 Å². The van der Waals surface area contributed by atoms with Crippen LogP contribution in [0.2, 0.25) is 0 Å². The first-order chi connectivity index (χ1) is 15.0. The van der Waals surface area contributed by atoms with E-state index >= 15 is 0 Å². The van der Waals surface area contributed by atoms with Crippen molar-refractivity contribution in [2.24, 2.45) is 0 Å². The van der Waals surface area contributed by atoms with Gasteiger partial charge in [0.2, 0.25) is 5.91 Å². The average Bonchev–Trinajstić information content (AvgIpc) is 2.77. The Morgan fingerprint density at radius 1 is 0.871 bits per heavy atom. The Morgan fingerprint density at radius 3 is 2.42 bits per heavy atom. The van der Waals surface area contributed by atoms with E-state index < -0.39 is 18.5 Å². The highest BCUT2D eigenvalue weighted by atomic mass is 79.9. The summed E-state index contributed by atoms with van der Waals surface area (Å²) in [6.07, 6.45) is 0.611. The molecule has 0 atom stereocenters. The number of halogens is 1. The Bertz CT molecular complexity index is 1110. The van der Waals surface area contributed by atoms with Crippen LogP contribution in [0.4, 0.5) is 11.4 Å². The van der Waals surface area contributed by atoms with E-state index in [1.165, 1.54) is 0 Å². The molecule has 0 fully saturated rings. The highest BCUT2D eigenvalue weighted by molar-refractivity contribution is 9.10. The number of fused-ring (bicyclic) bond motifs is 1. The lowest BCUT2D eigenvalue weighted by Crippen LogP contribution is -2.22. The van der Waals surface area contributed by atoms with Gasteiger partial charge in [0.05, 0.1) is 6.42 Å².